The van der Waals surface area contributed by atoms with Crippen LogP contribution in [0.2, 0.25) is 0 Å². The predicted octanol–water partition coefficient (Wildman–Crippen LogP) is 1.85. The fraction of sp³-hybridized carbons (Fsp3) is 0.545. The van der Waals surface area contributed by atoms with Crippen molar-refractivity contribution in [1.29, 1.82) is 0 Å². The maximum Gasteiger partial charge on any atom is 0.338 e. The van der Waals surface area contributed by atoms with Gasteiger partial charge in [0, 0.05) is 51.0 Å². The first kappa shape index (κ1) is 22.1. The van der Waals surface area contributed by atoms with Crippen molar-refractivity contribution < 1.29 is 19.1 Å². The van der Waals surface area contributed by atoms with Crippen molar-refractivity contribution in [3.63, 3.8) is 0 Å². The quantitative estimate of drug-likeness (QED) is 0.684. The summed E-state index contributed by atoms with van der Waals surface area (Å²) in [6.07, 6.45) is 0. The molecule has 0 unspecified atom stereocenters. The molecular weight excluding hydrogens is 384 g/mol. The number of ether oxygens (including phenoxy) is 2. The number of para-hydroxylation sites is 1. The van der Waals surface area contributed by atoms with E-state index in [0.717, 1.165) is 38.3 Å². The lowest BCUT2D eigenvalue weighted by atomic mass is 9.93. The van der Waals surface area contributed by atoms with E-state index in [-0.39, 0.29) is 12.6 Å². The van der Waals surface area contributed by atoms with Gasteiger partial charge in [0.1, 0.15) is 5.75 Å². The molecule has 1 N–H and O–H groups in total. The summed E-state index contributed by atoms with van der Waals surface area (Å²) in [5.74, 6) is 0.201. The highest BCUT2D eigenvalue weighted by atomic mass is 16.5. The number of carbonyl (C=O) groups excluding carboxylic acids is 2. The zero-order valence-corrected chi connectivity index (χ0v) is 18.3. The zero-order chi connectivity index (χ0) is 21.7. The molecule has 1 saturated heterocycles. The van der Waals surface area contributed by atoms with Gasteiger partial charge in [-0.05, 0) is 19.5 Å². The van der Waals surface area contributed by atoms with Crippen LogP contribution in [0.25, 0.3) is 0 Å². The molecule has 8 nitrogen and oxygen atoms in total. The highest BCUT2D eigenvalue weighted by Crippen LogP contribution is 2.35. The molecule has 0 saturated carbocycles. The Hall–Kier alpha value is -2.58. The fourth-order valence-electron chi connectivity index (χ4n) is 4.01. The van der Waals surface area contributed by atoms with Gasteiger partial charge in [0.25, 0.3) is 0 Å². The molecule has 2 aliphatic rings. The molecule has 0 bridgehead atoms. The van der Waals surface area contributed by atoms with Gasteiger partial charge in [-0.1, -0.05) is 25.1 Å². The van der Waals surface area contributed by atoms with Crippen LogP contribution in [0.3, 0.4) is 0 Å². The van der Waals surface area contributed by atoms with E-state index in [4.69, 9.17) is 9.47 Å². The monoisotopic (exact) mass is 416 g/mol. The molecule has 0 aromatic heterocycles. The van der Waals surface area contributed by atoms with E-state index in [2.05, 4.69) is 22.0 Å². The lowest BCUT2D eigenvalue weighted by molar-refractivity contribution is -0.139. The van der Waals surface area contributed by atoms with Crippen LogP contribution in [0.1, 0.15) is 25.5 Å². The van der Waals surface area contributed by atoms with Gasteiger partial charge in [-0.25, -0.2) is 9.59 Å². The van der Waals surface area contributed by atoms with Crippen molar-refractivity contribution >= 4 is 12.0 Å². The Labute approximate surface area is 178 Å². The Morgan fingerprint density at radius 1 is 1.13 bits per heavy atom. The number of nitrogens with zero attached hydrogens (tertiary/aromatic N) is 3. The number of carbonyl (C=O) groups is 2. The summed E-state index contributed by atoms with van der Waals surface area (Å²) in [7, 11) is 3.28. The average molecular weight is 417 g/mol. The SMILES string of the molecule is CCOC(=O)C1=C(CN2CCN(CC)CC2)N(C)C(=O)N[C@H]1c1ccccc1OC. The summed E-state index contributed by atoms with van der Waals surface area (Å²) in [5, 5.41) is 2.95. The predicted molar refractivity (Wildman–Crippen MR) is 114 cm³/mol. The van der Waals surface area contributed by atoms with Crippen LogP contribution in [0.4, 0.5) is 4.79 Å². The molecule has 1 aromatic carbocycles. The molecule has 2 aliphatic heterocycles. The van der Waals surface area contributed by atoms with Gasteiger partial charge >= 0.3 is 12.0 Å². The topological polar surface area (TPSA) is 74.4 Å². The molecule has 2 amide bonds. The van der Waals surface area contributed by atoms with Crippen molar-refractivity contribution in [2.75, 3.05) is 60.0 Å². The molecule has 1 aromatic rings. The number of piperazine rings is 1. The van der Waals surface area contributed by atoms with Crippen LogP contribution in [0, 0.1) is 0 Å². The van der Waals surface area contributed by atoms with Crippen LogP contribution in [0.15, 0.2) is 35.5 Å². The van der Waals surface area contributed by atoms with Crippen LogP contribution < -0.4 is 10.1 Å². The molecule has 1 atom stereocenters. The van der Waals surface area contributed by atoms with E-state index in [1.165, 1.54) is 4.90 Å². The summed E-state index contributed by atoms with van der Waals surface area (Å²) in [4.78, 5) is 32.1. The van der Waals surface area contributed by atoms with Crippen molar-refractivity contribution in [2.24, 2.45) is 0 Å². The summed E-state index contributed by atoms with van der Waals surface area (Å²) in [5.41, 5.74) is 1.87. The number of amides is 2. The van der Waals surface area contributed by atoms with Gasteiger partial charge in [0.15, 0.2) is 0 Å². The second kappa shape index (κ2) is 9.95. The third kappa shape index (κ3) is 4.60. The number of nitrogens with one attached hydrogen (secondary N) is 1. The summed E-state index contributed by atoms with van der Waals surface area (Å²) < 4.78 is 10.9. The largest absolute Gasteiger partial charge is 0.496 e. The molecule has 2 heterocycles. The molecule has 8 heteroatoms. The number of urea groups is 1. The van der Waals surface area contributed by atoms with Crippen molar-refractivity contribution in [1.82, 2.24) is 20.0 Å². The number of hydrogen-bond acceptors (Lipinski definition) is 6. The minimum absolute atomic E-state index is 0.249. The van der Waals surface area contributed by atoms with Gasteiger partial charge in [-0.2, -0.15) is 0 Å². The molecule has 164 valence electrons. The maximum absolute atomic E-state index is 13.1. The van der Waals surface area contributed by atoms with Gasteiger partial charge in [0.05, 0.1) is 25.3 Å². The average Bonchev–Trinajstić information content (AvgIpc) is 2.77. The van der Waals surface area contributed by atoms with Crippen molar-refractivity contribution in [3.05, 3.63) is 41.1 Å². The first-order valence-corrected chi connectivity index (χ1v) is 10.5. The summed E-state index contributed by atoms with van der Waals surface area (Å²) in [6.45, 7) is 9.49. The Kier molecular flexibility index (Phi) is 7.33. The highest BCUT2D eigenvalue weighted by molar-refractivity contribution is 5.95. The van der Waals surface area contributed by atoms with Crippen molar-refractivity contribution in [3.8, 4) is 5.75 Å². The molecule has 30 heavy (non-hydrogen) atoms. The van der Waals surface area contributed by atoms with E-state index in [0.29, 0.717) is 23.6 Å². The first-order chi connectivity index (χ1) is 14.5. The van der Waals surface area contributed by atoms with E-state index < -0.39 is 12.0 Å². The summed E-state index contributed by atoms with van der Waals surface area (Å²) in [6, 6.07) is 6.55. The number of esters is 1. The molecule has 0 spiro atoms. The molecule has 0 radical (unpaired) electrons. The Morgan fingerprint density at radius 3 is 2.43 bits per heavy atom. The normalized spacial score (nSPS) is 20.9. The van der Waals surface area contributed by atoms with Crippen LogP contribution >= 0.6 is 0 Å². The minimum Gasteiger partial charge on any atom is -0.496 e. The number of benzene rings is 1. The lowest BCUT2D eigenvalue weighted by Crippen LogP contribution is -2.52. The van der Waals surface area contributed by atoms with E-state index in [1.807, 2.05) is 24.3 Å². The minimum atomic E-state index is -0.629. The Balaban J connectivity index is 2.01. The number of rotatable bonds is 7. The van der Waals surface area contributed by atoms with Gasteiger partial charge in [-0.3, -0.25) is 9.80 Å². The molecular formula is C22H32N4O4. The van der Waals surface area contributed by atoms with Crippen molar-refractivity contribution in [2.45, 2.75) is 19.9 Å². The Bertz CT molecular complexity index is 802. The van der Waals surface area contributed by atoms with Gasteiger partial charge in [0.2, 0.25) is 0 Å². The zero-order valence-electron chi connectivity index (χ0n) is 18.3. The van der Waals surface area contributed by atoms with Crippen LogP contribution in [0.5, 0.6) is 5.75 Å². The number of hydrogen-bond donors (Lipinski definition) is 1. The smallest absolute Gasteiger partial charge is 0.338 e. The molecule has 1 fully saturated rings. The van der Waals surface area contributed by atoms with Gasteiger partial charge < -0.3 is 19.7 Å². The Morgan fingerprint density at radius 2 is 1.80 bits per heavy atom. The standard InChI is InChI=1S/C22H32N4O4/c1-5-25-11-13-26(14-12-25)15-17-19(21(27)30-6-2)20(23-22(28)24(17)3)16-9-7-8-10-18(16)29-4/h7-10,20H,5-6,11-15H2,1-4H3,(H,23,28)/t20-/m0/s1. The van der Waals surface area contributed by atoms with Crippen LogP contribution in [-0.4, -0.2) is 86.7 Å². The highest BCUT2D eigenvalue weighted by Gasteiger charge is 2.38. The summed E-state index contributed by atoms with van der Waals surface area (Å²) >= 11 is 0. The number of methoxy groups -OCH3 is 1. The van der Waals surface area contributed by atoms with E-state index in [1.54, 1.807) is 21.1 Å². The molecule has 3 rings (SSSR count). The third-order valence-corrected chi connectivity index (χ3v) is 5.81. The van der Waals surface area contributed by atoms with E-state index >= 15 is 0 Å². The second-order valence-corrected chi connectivity index (χ2v) is 7.47. The maximum atomic E-state index is 13.1. The first-order valence-electron chi connectivity index (χ1n) is 10.5. The van der Waals surface area contributed by atoms with Crippen LogP contribution in [-0.2, 0) is 9.53 Å². The second-order valence-electron chi connectivity index (χ2n) is 7.47. The van der Waals surface area contributed by atoms with E-state index in [9.17, 15) is 9.59 Å². The molecule has 0 aliphatic carbocycles. The fourth-order valence-corrected chi connectivity index (χ4v) is 4.01. The number of likely N-dealkylation sites (N-methyl/N-ethyl adjacent to an activating group) is 2. The lowest BCUT2D eigenvalue weighted by Gasteiger charge is -2.39. The third-order valence-electron chi connectivity index (χ3n) is 5.81. The van der Waals surface area contributed by atoms with Gasteiger partial charge in [-0.15, -0.1) is 0 Å².